The fraction of sp³-hybridized carbons (Fsp3) is 0.100. The summed E-state index contributed by atoms with van der Waals surface area (Å²) < 4.78 is 1.38. The largest absolute Gasteiger partial charge is 0.368 e. The van der Waals surface area contributed by atoms with Gasteiger partial charge in [-0.3, -0.25) is 0 Å². The number of hydrogen-bond acceptors (Lipinski definition) is 5. The molecule has 2 aromatic rings. The topological polar surface area (TPSA) is 68.8 Å². The van der Waals surface area contributed by atoms with Crippen LogP contribution < -0.4 is 11.1 Å². The number of rotatable bonds is 2. The predicted octanol–water partition coefficient (Wildman–Crippen LogP) is 2.48. The van der Waals surface area contributed by atoms with Crippen molar-refractivity contribution < 1.29 is 0 Å². The molecule has 1 heterocycles. The molecule has 5 nitrogen and oxygen atoms in total. The molecule has 0 radical (unpaired) electrons. The molecule has 1 aromatic carbocycles. The van der Waals surface area contributed by atoms with Gasteiger partial charge in [-0.2, -0.15) is 9.67 Å². The zero-order valence-electron chi connectivity index (χ0n) is 9.42. The van der Waals surface area contributed by atoms with E-state index in [4.69, 9.17) is 29.6 Å². The Morgan fingerprint density at radius 2 is 2.11 bits per heavy atom. The van der Waals surface area contributed by atoms with Crippen LogP contribution in [0, 0.1) is 0 Å². The summed E-state index contributed by atoms with van der Waals surface area (Å²) in [6.07, 6.45) is 1.87. The number of nitrogen functional groups attached to an aromatic ring is 1. The summed E-state index contributed by atoms with van der Waals surface area (Å²) in [5.41, 5.74) is 6.53. The molecular formula is C10H10ClN5S2. The number of nitrogens with zero attached hydrogens (tertiary/aromatic N) is 3. The van der Waals surface area contributed by atoms with E-state index in [0.717, 1.165) is 5.69 Å². The highest BCUT2D eigenvalue weighted by Crippen LogP contribution is 2.15. The number of thioether (sulfide) groups is 1. The van der Waals surface area contributed by atoms with Crippen LogP contribution >= 0.6 is 35.6 Å². The van der Waals surface area contributed by atoms with E-state index in [1.54, 1.807) is 12.1 Å². The van der Waals surface area contributed by atoms with Crippen molar-refractivity contribution in [2.24, 2.45) is 0 Å². The van der Waals surface area contributed by atoms with Crippen molar-refractivity contribution in [2.75, 3.05) is 17.3 Å². The zero-order chi connectivity index (χ0) is 13.1. The second kappa shape index (κ2) is 5.55. The molecule has 0 atom stereocenters. The first kappa shape index (κ1) is 13.1. The molecule has 1 aromatic heterocycles. The van der Waals surface area contributed by atoms with Gasteiger partial charge < -0.3 is 11.1 Å². The SMILES string of the molecule is CSc1nc(N)n(C(=S)Nc2ccc(Cl)cc2)n1. The van der Waals surface area contributed by atoms with Crippen LogP contribution in [0.5, 0.6) is 0 Å². The number of anilines is 2. The second-order valence-electron chi connectivity index (χ2n) is 3.31. The van der Waals surface area contributed by atoms with Gasteiger partial charge in [0, 0.05) is 10.7 Å². The highest BCUT2D eigenvalue weighted by atomic mass is 35.5. The van der Waals surface area contributed by atoms with Crippen molar-refractivity contribution in [3.05, 3.63) is 29.3 Å². The molecule has 3 N–H and O–H groups in total. The van der Waals surface area contributed by atoms with Gasteiger partial charge in [0.2, 0.25) is 16.2 Å². The van der Waals surface area contributed by atoms with Gasteiger partial charge in [0.05, 0.1) is 0 Å². The molecule has 0 aliphatic carbocycles. The lowest BCUT2D eigenvalue weighted by molar-refractivity contribution is 0.891. The minimum Gasteiger partial charge on any atom is -0.368 e. The van der Waals surface area contributed by atoms with Crippen LogP contribution in [0.15, 0.2) is 29.4 Å². The van der Waals surface area contributed by atoms with Gasteiger partial charge >= 0.3 is 0 Å². The number of benzene rings is 1. The van der Waals surface area contributed by atoms with Crippen LogP contribution in [0.25, 0.3) is 0 Å². The number of hydrogen-bond donors (Lipinski definition) is 2. The van der Waals surface area contributed by atoms with Crippen molar-refractivity contribution in [1.82, 2.24) is 14.8 Å². The van der Waals surface area contributed by atoms with E-state index in [0.29, 0.717) is 15.3 Å². The Morgan fingerprint density at radius 1 is 1.44 bits per heavy atom. The minimum atomic E-state index is 0.255. The van der Waals surface area contributed by atoms with Gasteiger partial charge in [0.15, 0.2) is 0 Å². The summed E-state index contributed by atoms with van der Waals surface area (Å²) in [7, 11) is 0. The third-order valence-corrected chi connectivity index (χ3v) is 3.15. The zero-order valence-corrected chi connectivity index (χ0v) is 11.8. The minimum absolute atomic E-state index is 0.255. The summed E-state index contributed by atoms with van der Waals surface area (Å²) in [5.74, 6) is 0.255. The first-order chi connectivity index (χ1) is 8.60. The van der Waals surface area contributed by atoms with Crippen molar-refractivity contribution in [3.63, 3.8) is 0 Å². The average molecular weight is 300 g/mol. The van der Waals surface area contributed by atoms with Crippen LogP contribution in [0.1, 0.15) is 0 Å². The Bertz CT molecular complexity index is 566. The van der Waals surface area contributed by atoms with E-state index in [2.05, 4.69) is 15.4 Å². The van der Waals surface area contributed by atoms with Crippen LogP contribution in [0.2, 0.25) is 5.02 Å². The Kier molecular flexibility index (Phi) is 4.05. The smallest absolute Gasteiger partial charge is 0.226 e. The van der Waals surface area contributed by atoms with E-state index in [-0.39, 0.29) is 5.95 Å². The molecule has 0 fully saturated rings. The lowest BCUT2D eigenvalue weighted by Gasteiger charge is -2.07. The predicted molar refractivity (Wildman–Crippen MR) is 79.3 cm³/mol. The Morgan fingerprint density at radius 3 is 2.67 bits per heavy atom. The van der Waals surface area contributed by atoms with E-state index in [1.165, 1.54) is 16.4 Å². The molecule has 0 amide bonds. The summed E-state index contributed by atoms with van der Waals surface area (Å²) in [6, 6.07) is 7.17. The Balaban J connectivity index is 2.16. The lowest BCUT2D eigenvalue weighted by atomic mass is 10.3. The summed E-state index contributed by atoms with van der Waals surface area (Å²) in [6.45, 7) is 0. The van der Waals surface area contributed by atoms with E-state index in [9.17, 15) is 0 Å². The molecule has 0 bridgehead atoms. The summed E-state index contributed by atoms with van der Waals surface area (Å²) in [5, 5.41) is 8.77. The molecule has 8 heteroatoms. The maximum atomic E-state index is 5.80. The van der Waals surface area contributed by atoms with Crippen molar-refractivity contribution in [3.8, 4) is 0 Å². The molecule has 0 aliphatic rings. The fourth-order valence-corrected chi connectivity index (χ4v) is 1.98. The molecule has 0 aliphatic heterocycles. The maximum Gasteiger partial charge on any atom is 0.226 e. The number of nitrogens with one attached hydrogen (secondary N) is 1. The molecule has 0 spiro atoms. The molecular weight excluding hydrogens is 290 g/mol. The van der Waals surface area contributed by atoms with Crippen molar-refractivity contribution in [2.45, 2.75) is 5.16 Å². The average Bonchev–Trinajstić information content (AvgIpc) is 2.73. The molecule has 94 valence electrons. The molecule has 0 saturated heterocycles. The second-order valence-corrected chi connectivity index (χ2v) is 4.90. The van der Waals surface area contributed by atoms with Crippen LogP contribution in [0.4, 0.5) is 11.6 Å². The standard InChI is InChI=1S/C10H10ClN5S2/c1-18-9-14-8(12)16(15-9)10(17)13-7-4-2-6(11)3-5-7/h2-5H,1H3,(H,13,17)(H2,12,14,15). The number of thiocarbonyl (C=S) groups is 1. The normalized spacial score (nSPS) is 10.3. The number of nitrogens with two attached hydrogens (primary N) is 1. The van der Waals surface area contributed by atoms with Gasteiger partial charge in [-0.1, -0.05) is 23.4 Å². The summed E-state index contributed by atoms with van der Waals surface area (Å²) >= 11 is 12.4. The molecule has 2 rings (SSSR count). The number of aromatic nitrogens is 3. The third kappa shape index (κ3) is 2.92. The first-order valence-electron chi connectivity index (χ1n) is 4.93. The van der Waals surface area contributed by atoms with Crippen molar-refractivity contribution in [1.29, 1.82) is 0 Å². The van der Waals surface area contributed by atoms with Gasteiger partial charge in [-0.15, -0.1) is 5.10 Å². The lowest BCUT2D eigenvalue weighted by Crippen LogP contribution is -2.22. The van der Waals surface area contributed by atoms with Gasteiger partial charge in [0.25, 0.3) is 0 Å². The van der Waals surface area contributed by atoms with Gasteiger partial charge in [-0.25, -0.2) is 0 Å². The summed E-state index contributed by atoms with van der Waals surface area (Å²) in [4.78, 5) is 4.05. The van der Waals surface area contributed by atoms with E-state index in [1.807, 2.05) is 18.4 Å². The van der Waals surface area contributed by atoms with E-state index < -0.39 is 0 Å². The third-order valence-electron chi connectivity index (χ3n) is 2.08. The van der Waals surface area contributed by atoms with Crippen LogP contribution in [0.3, 0.4) is 0 Å². The monoisotopic (exact) mass is 299 g/mol. The maximum absolute atomic E-state index is 5.80. The van der Waals surface area contributed by atoms with Crippen LogP contribution in [-0.4, -0.2) is 26.1 Å². The highest BCUT2D eigenvalue weighted by Gasteiger charge is 2.10. The first-order valence-corrected chi connectivity index (χ1v) is 6.94. The van der Waals surface area contributed by atoms with Gasteiger partial charge in [0.1, 0.15) is 0 Å². The van der Waals surface area contributed by atoms with E-state index >= 15 is 0 Å². The molecule has 18 heavy (non-hydrogen) atoms. The molecule has 0 unspecified atom stereocenters. The van der Waals surface area contributed by atoms with Crippen LogP contribution in [-0.2, 0) is 0 Å². The quantitative estimate of drug-likeness (QED) is 0.656. The number of halogens is 1. The Labute approximate surface area is 119 Å². The molecule has 0 saturated carbocycles. The van der Waals surface area contributed by atoms with Crippen molar-refractivity contribution >= 4 is 52.3 Å². The highest BCUT2D eigenvalue weighted by molar-refractivity contribution is 7.98. The fourth-order valence-electron chi connectivity index (χ4n) is 1.25. The van der Waals surface area contributed by atoms with Gasteiger partial charge in [-0.05, 0) is 42.7 Å². The Hall–Kier alpha value is -1.31.